The zero-order chi connectivity index (χ0) is 20.5. The van der Waals surface area contributed by atoms with Crippen molar-refractivity contribution in [2.75, 3.05) is 0 Å². The van der Waals surface area contributed by atoms with Gasteiger partial charge in [0.25, 0.3) is 11.2 Å². The first-order valence-corrected chi connectivity index (χ1v) is 9.65. The molecule has 4 rings (SSSR count). The lowest BCUT2D eigenvalue weighted by Crippen LogP contribution is -2.23. The van der Waals surface area contributed by atoms with Gasteiger partial charge in [0.2, 0.25) is 4.96 Å². The molecule has 4 aromatic rings. The van der Waals surface area contributed by atoms with Crippen molar-refractivity contribution in [3.63, 3.8) is 0 Å². The number of nitrogens with zero attached hydrogens (tertiary/aromatic N) is 4. The molecular weight excluding hydrogens is 392 g/mol. The summed E-state index contributed by atoms with van der Waals surface area (Å²) in [4.78, 5) is 27.9. The van der Waals surface area contributed by atoms with Crippen molar-refractivity contribution in [3.8, 4) is 17.1 Å². The van der Waals surface area contributed by atoms with Gasteiger partial charge >= 0.3 is 0 Å². The van der Waals surface area contributed by atoms with Gasteiger partial charge in [-0.15, -0.1) is 5.10 Å². The summed E-state index contributed by atoms with van der Waals surface area (Å²) in [6.45, 7) is 3.92. The van der Waals surface area contributed by atoms with Crippen LogP contribution in [0.25, 0.3) is 22.4 Å². The van der Waals surface area contributed by atoms with Gasteiger partial charge in [0, 0.05) is 17.7 Å². The van der Waals surface area contributed by atoms with E-state index in [9.17, 15) is 14.9 Å². The van der Waals surface area contributed by atoms with E-state index in [0.29, 0.717) is 20.9 Å². The van der Waals surface area contributed by atoms with Crippen molar-refractivity contribution in [1.82, 2.24) is 14.6 Å². The highest BCUT2D eigenvalue weighted by Crippen LogP contribution is 2.21. The topological polar surface area (TPSA) is 99.6 Å². The molecule has 0 radical (unpaired) electrons. The molecule has 0 aliphatic rings. The number of hydrogen-bond donors (Lipinski definition) is 0. The summed E-state index contributed by atoms with van der Waals surface area (Å²) in [7, 11) is 0. The highest BCUT2D eigenvalue weighted by atomic mass is 32.1. The van der Waals surface area contributed by atoms with Crippen LogP contribution in [0.3, 0.4) is 0 Å². The maximum atomic E-state index is 12.6. The van der Waals surface area contributed by atoms with Gasteiger partial charge in [0.1, 0.15) is 5.75 Å². The van der Waals surface area contributed by atoms with Gasteiger partial charge in [0.05, 0.1) is 15.6 Å². The predicted octanol–water partition coefficient (Wildman–Crippen LogP) is 3.06. The van der Waals surface area contributed by atoms with Gasteiger partial charge in [0.15, 0.2) is 5.82 Å². The van der Waals surface area contributed by atoms with Crippen LogP contribution in [0, 0.1) is 10.1 Å². The normalized spacial score (nSPS) is 12.0. The monoisotopic (exact) mass is 408 g/mol. The number of fused-ring (bicyclic) bond motifs is 1. The Bertz CT molecular complexity index is 1290. The molecule has 0 fully saturated rings. The SMILES string of the molecule is CC(C)Oc1ccc(-c2nc3sc(=Cc4ccc([N+](=O)[O-])cc4)c(=O)n3n2)cc1. The highest BCUT2D eigenvalue weighted by molar-refractivity contribution is 7.15. The molecule has 0 saturated carbocycles. The van der Waals surface area contributed by atoms with Gasteiger partial charge in [-0.1, -0.05) is 11.3 Å². The third-order valence-electron chi connectivity index (χ3n) is 4.07. The van der Waals surface area contributed by atoms with Crippen LogP contribution in [-0.2, 0) is 0 Å². The van der Waals surface area contributed by atoms with Crippen LogP contribution in [0.1, 0.15) is 19.4 Å². The maximum Gasteiger partial charge on any atom is 0.291 e. The Kier molecular flexibility index (Phi) is 4.81. The number of non-ortho nitro benzene ring substituents is 1. The molecule has 2 aromatic carbocycles. The van der Waals surface area contributed by atoms with Crippen molar-refractivity contribution in [3.05, 3.63) is 79.1 Å². The minimum Gasteiger partial charge on any atom is -0.491 e. The number of rotatable bonds is 5. The number of aromatic nitrogens is 3. The van der Waals surface area contributed by atoms with E-state index in [1.807, 2.05) is 38.1 Å². The Morgan fingerprint density at radius 1 is 1.14 bits per heavy atom. The number of thiazole rings is 1. The van der Waals surface area contributed by atoms with Gasteiger partial charge in [-0.2, -0.15) is 9.50 Å². The van der Waals surface area contributed by atoms with Crippen LogP contribution >= 0.6 is 11.3 Å². The molecule has 29 heavy (non-hydrogen) atoms. The summed E-state index contributed by atoms with van der Waals surface area (Å²) < 4.78 is 7.36. The van der Waals surface area contributed by atoms with E-state index < -0.39 is 4.92 Å². The summed E-state index contributed by atoms with van der Waals surface area (Å²) in [5, 5.41) is 15.1. The summed E-state index contributed by atoms with van der Waals surface area (Å²) in [6, 6.07) is 13.4. The third kappa shape index (κ3) is 3.85. The molecule has 0 N–H and O–H groups in total. The van der Waals surface area contributed by atoms with Crippen molar-refractivity contribution in [2.24, 2.45) is 0 Å². The van der Waals surface area contributed by atoms with Crippen LogP contribution in [0.5, 0.6) is 5.75 Å². The van der Waals surface area contributed by atoms with Crippen LogP contribution in [0.4, 0.5) is 5.69 Å². The number of nitro benzene ring substituents is 1. The van der Waals surface area contributed by atoms with Crippen molar-refractivity contribution in [1.29, 1.82) is 0 Å². The molecular formula is C20H16N4O4S. The van der Waals surface area contributed by atoms with Gasteiger partial charge in [-0.05, 0) is 61.9 Å². The van der Waals surface area contributed by atoms with Crippen molar-refractivity contribution in [2.45, 2.75) is 20.0 Å². The Morgan fingerprint density at radius 3 is 2.41 bits per heavy atom. The highest BCUT2D eigenvalue weighted by Gasteiger charge is 2.12. The summed E-state index contributed by atoms with van der Waals surface area (Å²) in [5.41, 5.74) is 1.21. The van der Waals surface area contributed by atoms with E-state index >= 15 is 0 Å². The average molecular weight is 408 g/mol. The van der Waals surface area contributed by atoms with E-state index in [1.54, 1.807) is 18.2 Å². The first-order chi connectivity index (χ1) is 13.9. The fourth-order valence-electron chi connectivity index (χ4n) is 2.75. The molecule has 0 atom stereocenters. The smallest absolute Gasteiger partial charge is 0.291 e. The van der Waals surface area contributed by atoms with Gasteiger partial charge < -0.3 is 4.74 Å². The molecule has 0 unspecified atom stereocenters. The summed E-state index contributed by atoms with van der Waals surface area (Å²) >= 11 is 1.22. The van der Waals surface area contributed by atoms with E-state index in [-0.39, 0.29) is 17.4 Å². The molecule has 0 bridgehead atoms. The quantitative estimate of drug-likeness (QED) is 0.372. The van der Waals surface area contributed by atoms with Gasteiger partial charge in [-0.25, -0.2) is 0 Å². The largest absolute Gasteiger partial charge is 0.491 e. The molecule has 2 heterocycles. The fraction of sp³-hybridized carbons (Fsp3) is 0.150. The summed E-state index contributed by atoms with van der Waals surface area (Å²) in [6.07, 6.45) is 1.76. The van der Waals surface area contributed by atoms with Crippen LogP contribution in [0.15, 0.2) is 53.3 Å². The number of hydrogen-bond acceptors (Lipinski definition) is 7. The molecule has 2 aromatic heterocycles. The molecule has 8 nitrogen and oxygen atoms in total. The maximum absolute atomic E-state index is 12.6. The molecule has 0 aliphatic heterocycles. The van der Waals surface area contributed by atoms with Crippen LogP contribution in [-0.4, -0.2) is 25.6 Å². The lowest BCUT2D eigenvalue weighted by atomic mass is 10.2. The molecule has 0 amide bonds. The first-order valence-electron chi connectivity index (χ1n) is 8.83. The third-order valence-corrected chi connectivity index (χ3v) is 5.03. The van der Waals surface area contributed by atoms with Crippen molar-refractivity contribution < 1.29 is 9.66 Å². The molecule has 0 spiro atoms. The lowest BCUT2D eigenvalue weighted by Gasteiger charge is -2.09. The van der Waals surface area contributed by atoms with Crippen LogP contribution < -0.4 is 14.8 Å². The Balaban J connectivity index is 1.65. The number of nitro groups is 1. The predicted molar refractivity (Wildman–Crippen MR) is 110 cm³/mol. The fourth-order valence-corrected chi connectivity index (χ4v) is 3.66. The van der Waals surface area contributed by atoms with Gasteiger partial charge in [-0.3, -0.25) is 14.9 Å². The standard InChI is InChI=1S/C20H16N4O4S/c1-12(2)28-16-9-5-14(6-10-16)18-21-20-23(22-18)19(25)17(29-20)11-13-3-7-15(8-4-13)24(26)27/h3-12H,1-2H3. The second-order valence-corrected chi connectivity index (χ2v) is 7.59. The summed E-state index contributed by atoms with van der Waals surface area (Å²) in [5.74, 6) is 1.22. The Labute approximate surface area is 168 Å². The molecule has 0 aliphatic carbocycles. The molecule has 146 valence electrons. The average Bonchev–Trinajstić information content (AvgIpc) is 3.22. The number of benzene rings is 2. The van der Waals surface area contributed by atoms with E-state index in [2.05, 4.69) is 10.1 Å². The molecule has 0 saturated heterocycles. The second kappa shape index (κ2) is 7.44. The lowest BCUT2D eigenvalue weighted by molar-refractivity contribution is -0.384. The van der Waals surface area contributed by atoms with E-state index in [0.717, 1.165) is 11.3 Å². The number of ether oxygens (including phenoxy) is 1. The minimum atomic E-state index is -0.463. The second-order valence-electron chi connectivity index (χ2n) is 6.59. The van der Waals surface area contributed by atoms with Crippen LogP contribution in [0.2, 0.25) is 0 Å². The van der Waals surface area contributed by atoms with E-state index in [4.69, 9.17) is 4.74 Å². The Morgan fingerprint density at radius 2 is 1.83 bits per heavy atom. The molecule has 9 heteroatoms. The Hall–Kier alpha value is -3.59. The van der Waals surface area contributed by atoms with E-state index in [1.165, 1.54) is 28.0 Å². The zero-order valence-corrected chi connectivity index (χ0v) is 16.4. The minimum absolute atomic E-state index is 0.00148. The zero-order valence-electron chi connectivity index (χ0n) is 15.6. The van der Waals surface area contributed by atoms with Crippen molar-refractivity contribution >= 4 is 28.1 Å². The first kappa shape index (κ1) is 18.8.